The Bertz CT molecular complexity index is 534. The maximum atomic E-state index is 11.7. The van der Waals surface area contributed by atoms with Gasteiger partial charge in [0.05, 0.1) is 11.9 Å². The third kappa shape index (κ3) is 3.07. The average Bonchev–Trinajstić information content (AvgIpc) is 2.85. The first-order chi connectivity index (χ1) is 8.69. The van der Waals surface area contributed by atoms with E-state index in [1.807, 2.05) is 6.07 Å². The molecule has 0 fully saturated rings. The number of rotatable bonds is 4. The molecule has 0 unspecified atom stereocenters. The van der Waals surface area contributed by atoms with Crippen molar-refractivity contribution in [1.29, 1.82) is 0 Å². The van der Waals surface area contributed by atoms with Crippen LogP contribution in [0.1, 0.15) is 27.2 Å². The third-order valence-electron chi connectivity index (χ3n) is 2.41. The van der Waals surface area contributed by atoms with E-state index in [0.717, 1.165) is 11.3 Å². The first-order valence-corrected chi connectivity index (χ1v) is 6.47. The first kappa shape index (κ1) is 12.6. The zero-order valence-electron chi connectivity index (χ0n) is 10.1. The van der Waals surface area contributed by atoms with E-state index in [2.05, 4.69) is 18.0 Å². The Morgan fingerprint density at radius 2 is 2.11 bits per heavy atom. The second-order valence-electron chi connectivity index (χ2n) is 3.77. The number of aromatic nitrogens is 1. The Balaban J connectivity index is 1.93. The number of hydrogen-bond donors (Lipinski definition) is 1. The van der Waals surface area contributed by atoms with Crippen LogP contribution in [0, 0.1) is 0 Å². The number of carbonyl (C=O) groups is 1. The van der Waals surface area contributed by atoms with Gasteiger partial charge in [0, 0.05) is 9.75 Å². The van der Waals surface area contributed by atoms with Gasteiger partial charge >= 0.3 is 5.97 Å². The zero-order valence-corrected chi connectivity index (χ0v) is 10.9. The highest BCUT2D eigenvalue weighted by molar-refractivity contribution is 7.11. The molecule has 0 radical (unpaired) electrons. The fourth-order valence-electron chi connectivity index (χ4n) is 1.43. The van der Waals surface area contributed by atoms with Gasteiger partial charge in [-0.15, -0.1) is 11.3 Å². The molecule has 2 heterocycles. The molecule has 5 heteroatoms. The lowest BCUT2D eigenvalue weighted by Crippen LogP contribution is -2.06. The van der Waals surface area contributed by atoms with Crippen molar-refractivity contribution in [2.45, 2.75) is 20.0 Å². The predicted molar refractivity (Wildman–Crippen MR) is 71.5 cm³/mol. The molecule has 2 N–H and O–H groups in total. The minimum atomic E-state index is -0.429. The summed E-state index contributed by atoms with van der Waals surface area (Å²) in [7, 11) is 0. The van der Waals surface area contributed by atoms with Crippen LogP contribution in [0.4, 0.5) is 5.69 Å². The predicted octanol–water partition coefficient (Wildman–Crippen LogP) is 2.64. The van der Waals surface area contributed by atoms with Gasteiger partial charge in [-0.2, -0.15) is 0 Å². The lowest BCUT2D eigenvalue weighted by Gasteiger charge is -2.02. The normalized spacial score (nSPS) is 10.3. The number of anilines is 1. The van der Waals surface area contributed by atoms with E-state index in [0.29, 0.717) is 5.69 Å². The SMILES string of the molecule is CCc1ccc(COC(=O)c2ccc(N)cn2)s1. The number of nitrogens with zero attached hydrogens (tertiary/aromatic N) is 1. The molecule has 0 bridgehead atoms. The van der Waals surface area contributed by atoms with E-state index in [1.54, 1.807) is 23.5 Å². The van der Waals surface area contributed by atoms with Gasteiger partial charge in [-0.3, -0.25) is 0 Å². The molecule has 0 saturated heterocycles. The van der Waals surface area contributed by atoms with Crippen molar-refractivity contribution < 1.29 is 9.53 Å². The number of nitrogen functional groups attached to an aromatic ring is 1. The van der Waals surface area contributed by atoms with E-state index in [1.165, 1.54) is 11.1 Å². The molecular weight excluding hydrogens is 248 g/mol. The molecule has 4 nitrogen and oxygen atoms in total. The lowest BCUT2D eigenvalue weighted by molar-refractivity contribution is 0.0470. The summed E-state index contributed by atoms with van der Waals surface area (Å²) in [5.41, 5.74) is 6.30. The Morgan fingerprint density at radius 1 is 1.33 bits per heavy atom. The number of ether oxygens (including phenoxy) is 1. The topological polar surface area (TPSA) is 65.2 Å². The fourth-order valence-corrected chi connectivity index (χ4v) is 2.30. The van der Waals surface area contributed by atoms with Crippen LogP contribution in [-0.2, 0) is 17.8 Å². The highest BCUT2D eigenvalue weighted by Crippen LogP contribution is 2.18. The first-order valence-electron chi connectivity index (χ1n) is 5.65. The van der Waals surface area contributed by atoms with Crippen molar-refractivity contribution in [3.63, 3.8) is 0 Å². The van der Waals surface area contributed by atoms with E-state index in [9.17, 15) is 4.79 Å². The molecule has 0 aliphatic rings. The summed E-state index contributed by atoms with van der Waals surface area (Å²) in [5.74, 6) is -0.429. The number of thiophene rings is 1. The highest BCUT2D eigenvalue weighted by atomic mass is 32.1. The molecule has 2 aromatic rings. The van der Waals surface area contributed by atoms with Crippen LogP contribution in [-0.4, -0.2) is 11.0 Å². The Labute approximate surface area is 109 Å². The second-order valence-corrected chi connectivity index (χ2v) is 5.03. The van der Waals surface area contributed by atoms with Crippen LogP contribution in [0.25, 0.3) is 0 Å². The highest BCUT2D eigenvalue weighted by Gasteiger charge is 2.09. The van der Waals surface area contributed by atoms with Gasteiger partial charge < -0.3 is 10.5 Å². The standard InChI is InChI=1S/C13H14N2O2S/c1-2-10-4-5-11(18-10)8-17-13(16)12-6-3-9(14)7-15-12/h3-7H,2,8,14H2,1H3. The molecule has 18 heavy (non-hydrogen) atoms. The third-order valence-corrected chi connectivity index (χ3v) is 3.61. The number of nitrogens with two attached hydrogens (primary N) is 1. The summed E-state index contributed by atoms with van der Waals surface area (Å²) in [6, 6.07) is 7.22. The van der Waals surface area contributed by atoms with Gasteiger partial charge in [0.15, 0.2) is 0 Å². The summed E-state index contributed by atoms with van der Waals surface area (Å²) in [6.07, 6.45) is 2.44. The van der Waals surface area contributed by atoms with Gasteiger partial charge in [0.25, 0.3) is 0 Å². The number of carbonyl (C=O) groups excluding carboxylic acids is 1. The monoisotopic (exact) mass is 262 g/mol. The van der Waals surface area contributed by atoms with E-state index in [-0.39, 0.29) is 12.3 Å². The van der Waals surface area contributed by atoms with Crippen molar-refractivity contribution >= 4 is 23.0 Å². The molecule has 0 amide bonds. The maximum Gasteiger partial charge on any atom is 0.357 e. The summed E-state index contributed by atoms with van der Waals surface area (Å²) < 4.78 is 5.18. The molecule has 0 aliphatic carbocycles. The minimum Gasteiger partial charge on any atom is -0.455 e. The summed E-state index contributed by atoms with van der Waals surface area (Å²) in [5, 5.41) is 0. The largest absolute Gasteiger partial charge is 0.455 e. The van der Waals surface area contributed by atoms with Gasteiger partial charge in [-0.1, -0.05) is 6.92 Å². The van der Waals surface area contributed by atoms with Gasteiger partial charge in [0.1, 0.15) is 12.3 Å². The molecule has 94 valence electrons. The quantitative estimate of drug-likeness (QED) is 0.860. The maximum absolute atomic E-state index is 11.7. The van der Waals surface area contributed by atoms with E-state index in [4.69, 9.17) is 10.5 Å². The fraction of sp³-hybridized carbons (Fsp3) is 0.231. The van der Waals surface area contributed by atoms with Gasteiger partial charge in [-0.05, 0) is 30.7 Å². The molecular formula is C13H14N2O2S. The van der Waals surface area contributed by atoms with Crippen LogP contribution in [0.5, 0.6) is 0 Å². The van der Waals surface area contributed by atoms with Crippen LogP contribution in [0.2, 0.25) is 0 Å². The smallest absolute Gasteiger partial charge is 0.357 e. The minimum absolute atomic E-state index is 0.275. The van der Waals surface area contributed by atoms with Crippen LogP contribution in [0.15, 0.2) is 30.5 Å². The molecule has 0 aliphatic heterocycles. The van der Waals surface area contributed by atoms with Crippen LogP contribution < -0.4 is 5.73 Å². The summed E-state index contributed by atoms with van der Waals surface area (Å²) >= 11 is 1.65. The van der Waals surface area contributed by atoms with Crippen molar-refractivity contribution in [2.75, 3.05) is 5.73 Å². The molecule has 2 rings (SSSR count). The number of aryl methyl sites for hydroxylation is 1. The Morgan fingerprint density at radius 3 is 2.72 bits per heavy atom. The van der Waals surface area contributed by atoms with Crippen molar-refractivity contribution in [3.05, 3.63) is 45.9 Å². The summed E-state index contributed by atoms with van der Waals surface area (Å²) in [4.78, 5) is 17.9. The summed E-state index contributed by atoms with van der Waals surface area (Å²) in [6.45, 7) is 2.38. The Hall–Kier alpha value is -1.88. The molecule has 0 saturated carbocycles. The number of hydrogen-bond acceptors (Lipinski definition) is 5. The van der Waals surface area contributed by atoms with E-state index >= 15 is 0 Å². The number of pyridine rings is 1. The van der Waals surface area contributed by atoms with Crippen molar-refractivity contribution in [3.8, 4) is 0 Å². The average molecular weight is 262 g/mol. The van der Waals surface area contributed by atoms with Crippen molar-refractivity contribution in [2.24, 2.45) is 0 Å². The van der Waals surface area contributed by atoms with Gasteiger partial charge in [0.2, 0.25) is 0 Å². The molecule has 0 atom stereocenters. The number of esters is 1. The van der Waals surface area contributed by atoms with Crippen LogP contribution >= 0.6 is 11.3 Å². The van der Waals surface area contributed by atoms with E-state index < -0.39 is 5.97 Å². The lowest BCUT2D eigenvalue weighted by atomic mass is 10.3. The van der Waals surface area contributed by atoms with Gasteiger partial charge in [-0.25, -0.2) is 9.78 Å². The molecule has 0 aromatic carbocycles. The van der Waals surface area contributed by atoms with Crippen molar-refractivity contribution in [1.82, 2.24) is 4.98 Å². The second kappa shape index (κ2) is 5.64. The molecule has 0 spiro atoms. The zero-order chi connectivity index (χ0) is 13.0. The van der Waals surface area contributed by atoms with Crippen LogP contribution in [0.3, 0.4) is 0 Å². The Kier molecular flexibility index (Phi) is 3.94. The molecule has 2 aromatic heterocycles.